The van der Waals surface area contributed by atoms with Gasteiger partial charge in [-0.2, -0.15) is 0 Å². The van der Waals surface area contributed by atoms with Crippen LogP contribution in [0.15, 0.2) is 42.5 Å². The number of carboxylic acid groups (broad SMARTS) is 1. The van der Waals surface area contributed by atoms with Crippen LogP contribution in [0.2, 0.25) is 0 Å². The number of phenols is 1. The molecular weight excluding hydrogens is 384 g/mol. The van der Waals surface area contributed by atoms with Crippen LogP contribution in [0.5, 0.6) is 17.2 Å². The molecule has 2 aromatic rings. The molecule has 2 rings (SSSR count). The molecule has 0 heterocycles. The van der Waals surface area contributed by atoms with Gasteiger partial charge in [0.2, 0.25) is 0 Å². The van der Waals surface area contributed by atoms with Crippen LogP contribution in [0.25, 0.3) is 6.08 Å². The Hall–Kier alpha value is -3.28. The fraction of sp³-hybridized carbons (Fsp3) is 0.333. The van der Waals surface area contributed by atoms with Crippen LogP contribution in [0.1, 0.15) is 54.6 Å². The number of carboxylic acids is 1. The second-order valence-electron chi connectivity index (χ2n) is 6.89. The lowest BCUT2D eigenvalue weighted by Gasteiger charge is -2.14. The number of benzene rings is 2. The van der Waals surface area contributed by atoms with Crippen molar-refractivity contribution in [2.75, 3.05) is 13.2 Å². The number of aromatic hydroxyl groups is 1. The smallest absolute Gasteiger partial charge is 0.328 e. The number of ketones is 1. The highest BCUT2D eigenvalue weighted by Gasteiger charge is 2.15. The van der Waals surface area contributed by atoms with Crippen molar-refractivity contribution in [3.05, 3.63) is 59.2 Å². The van der Waals surface area contributed by atoms with Gasteiger partial charge in [0, 0.05) is 11.6 Å². The average Bonchev–Trinajstić information content (AvgIpc) is 2.71. The molecule has 0 spiro atoms. The van der Waals surface area contributed by atoms with Gasteiger partial charge in [0.1, 0.15) is 17.2 Å². The third-order valence-corrected chi connectivity index (χ3v) is 4.48. The van der Waals surface area contributed by atoms with Gasteiger partial charge in [-0.15, -0.1) is 0 Å². The lowest BCUT2D eigenvalue weighted by Crippen LogP contribution is -2.05. The number of carbonyl (C=O) groups excluding carboxylic acids is 1. The molecule has 0 saturated carbocycles. The minimum atomic E-state index is -0.982. The Kier molecular flexibility index (Phi) is 8.94. The van der Waals surface area contributed by atoms with Gasteiger partial charge in [-0.05, 0) is 62.1 Å². The van der Waals surface area contributed by atoms with E-state index in [-0.39, 0.29) is 11.5 Å². The Morgan fingerprint density at radius 1 is 1.00 bits per heavy atom. The first kappa shape index (κ1) is 23.0. The molecule has 0 atom stereocenters. The Morgan fingerprint density at radius 2 is 1.67 bits per heavy atom. The summed E-state index contributed by atoms with van der Waals surface area (Å²) in [5.74, 6) is 0.208. The van der Waals surface area contributed by atoms with E-state index >= 15 is 0 Å². The normalized spacial score (nSPS) is 10.9. The molecular formula is C24H28O6. The SMILES string of the molecule is CCCc1c(OCCCCOc2ccc(C=CC(=O)O)cc2)ccc(C(C)=O)c1O. The second-order valence-corrected chi connectivity index (χ2v) is 6.89. The van der Waals surface area contributed by atoms with Gasteiger partial charge in [-0.1, -0.05) is 25.5 Å². The van der Waals surface area contributed by atoms with E-state index < -0.39 is 5.97 Å². The van der Waals surface area contributed by atoms with Crippen LogP contribution in [0.4, 0.5) is 0 Å². The minimum Gasteiger partial charge on any atom is -0.507 e. The van der Waals surface area contributed by atoms with E-state index in [0.29, 0.717) is 36.5 Å². The molecule has 0 radical (unpaired) electrons. The van der Waals surface area contributed by atoms with Crippen LogP contribution < -0.4 is 9.47 Å². The van der Waals surface area contributed by atoms with E-state index in [1.54, 1.807) is 36.4 Å². The zero-order valence-corrected chi connectivity index (χ0v) is 17.4. The quantitative estimate of drug-likeness (QED) is 0.293. The number of carbonyl (C=O) groups is 2. The van der Waals surface area contributed by atoms with Crippen molar-refractivity contribution < 1.29 is 29.3 Å². The summed E-state index contributed by atoms with van der Waals surface area (Å²) in [4.78, 5) is 22.1. The van der Waals surface area contributed by atoms with Gasteiger partial charge >= 0.3 is 5.97 Å². The van der Waals surface area contributed by atoms with Crippen LogP contribution in [0, 0.1) is 0 Å². The summed E-state index contributed by atoms with van der Waals surface area (Å²) in [6.45, 7) is 4.46. The lowest BCUT2D eigenvalue weighted by atomic mass is 10.0. The third kappa shape index (κ3) is 6.95. The van der Waals surface area contributed by atoms with Crippen molar-refractivity contribution in [2.45, 2.75) is 39.5 Å². The summed E-state index contributed by atoms with van der Waals surface area (Å²) in [6.07, 6.45) is 5.67. The summed E-state index contributed by atoms with van der Waals surface area (Å²) in [6, 6.07) is 10.5. The van der Waals surface area contributed by atoms with Crippen LogP contribution >= 0.6 is 0 Å². The summed E-state index contributed by atoms with van der Waals surface area (Å²) < 4.78 is 11.5. The molecule has 0 aromatic heterocycles. The Bertz CT molecular complexity index is 883. The number of hydrogen-bond acceptors (Lipinski definition) is 5. The van der Waals surface area contributed by atoms with Gasteiger partial charge in [0.05, 0.1) is 18.8 Å². The zero-order chi connectivity index (χ0) is 21.9. The summed E-state index contributed by atoms with van der Waals surface area (Å²) in [7, 11) is 0. The number of aliphatic carboxylic acids is 1. The standard InChI is InChI=1S/C24H28O6/c1-3-6-21-22(13-12-20(17(2)25)24(21)28)30-16-5-4-15-29-19-10-7-18(8-11-19)9-14-23(26)27/h7-14,28H,3-6,15-16H2,1-2H3,(H,26,27). The molecule has 0 aliphatic carbocycles. The van der Waals surface area contributed by atoms with Gasteiger partial charge in [0.25, 0.3) is 0 Å². The molecule has 0 aliphatic rings. The van der Waals surface area contributed by atoms with E-state index in [4.69, 9.17) is 14.6 Å². The lowest BCUT2D eigenvalue weighted by molar-refractivity contribution is -0.131. The average molecular weight is 412 g/mol. The molecule has 160 valence electrons. The predicted molar refractivity (Wildman–Crippen MR) is 115 cm³/mol. The molecule has 2 N–H and O–H groups in total. The Morgan fingerprint density at radius 3 is 2.27 bits per heavy atom. The number of ether oxygens (including phenoxy) is 2. The molecule has 2 aromatic carbocycles. The molecule has 0 aliphatic heterocycles. The van der Waals surface area contributed by atoms with Crippen molar-refractivity contribution in [1.82, 2.24) is 0 Å². The van der Waals surface area contributed by atoms with Crippen molar-refractivity contribution in [3.63, 3.8) is 0 Å². The molecule has 0 saturated heterocycles. The number of phenolic OH excluding ortho intramolecular Hbond substituents is 1. The van der Waals surface area contributed by atoms with Gasteiger partial charge in [-0.25, -0.2) is 4.79 Å². The van der Waals surface area contributed by atoms with Gasteiger partial charge in [-0.3, -0.25) is 4.79 Å². The first-order valence-corrected chi connectivity index (χ1v) is 10.0. The van der Waals surface area contributed by atoms with E-state index in [2.05, 4.69) is 0 Å². The number of hydrogen-bond donors (Lipinski definition) is 2. The van der Waals surface area contributed by atoms with E-state index in [1.807, 2.05) is 6.92 Å². The predicted octanol–water partition coefficient (Wildman–Crippen LogP) is 4.88. The Labute approximate surface area is 176 Å². The fourth-order valence-corrected chi connectivity index (χ4v) is 2.95. The second kappa shape index (κ2) is 11.7. The maximum Gasteiger partial charge on any atom is 0.328 e. The zero-order valence-electron chi connectivity index (χ0n) is 17.4. The van der Waals surface area contributed by atoms with Crippen LogP contribution in [-0.2, 0) is 11.2 Å². The molecule has 0 fully saturated rings. The minimum absolute atomic E-state index is 0.0202. The number of rotatable bonds is 12. The summed E-state index contributed by atoms with van der Waals surface area (Å²) >= 11 is 0. The topological polar surface area (TPSA) is 93.1 Å². The highest BCUT2D eigenvalue weighted by Crippen LogP contribution is 2.33. The molecule has 30 heavy (non-hydrogen) atoms. The monoisotopic (exact) mass is 412 g/mol. The maximum atomic E-state index is 11.6. The number of Topliss-reactive ketones (excluding diaryl/α,β-unsaturated/α-hetero) is 1. The van der Waals surface area contributed by atoms with E-state index in [1.165, 1.54) is 13.0 Å². The highest BCUT2D eigenvalue weighted by molar-refractivity contribution is 5.97. The third-order valence-electron chi connectivity index (χ3n) is 4.48. The van der Waals surface area contributed by atoms with Gasteiger partial charge < -0.3 is 19.7 Å². The Balaban J connectivity index is 1.78. The number of unbranched alkanes of at least 4 members (excludes halogenated alkanes) is 1. The van der Waals surface area contributed by atoms with E-state index in [0.717, 1.165) is 36.7 Å². The first-order valence-electron chi connectivity index (χ1n) is 10.0. The molecule has 0 bridgehead atoms. The van der Waals surface area contributed by atoms with Crippen molar-refractivity contribution >= 4 is 17.8 Å². The fourth-order valence-electron chi connectivity index (χ4n) is 2.95. The van der Waals surface area contributed by atoms with Crippen LogP contribution in [0.3, 0.4) is 0 Å². The summed E-state index contributed by atoms with van der Waals surface area (Å²) in [5, 5.41) is 19.0. The highest BCUT2D eigenvalue weighted by atomic mass is 16.5. The summed E-state index contributed by atoms with van der Waals surface area (Å²) in [5.41, 5.74) is 1.79. The maximum absolute atomic E-state index is 11.6. The molecule has 0 amide bonds. The van der Waals surface area contributed by atoms with Crippen LogP contribution in [-0.4, -0.2) is 35.2 Å². The molecule has 6 heteroatoms. The molecule has 6 nitrogen and oxygen atoms in total. The van der Waals surface area contributed by atoms with Crippen molar-refractivity contribution in [2.24, 2.45) is 0 Å². The first-order chi connectivity index (χ1) is 14.4. The van der Waals surface area contributed by atoms with Gasteiger partial charge in [0.15, 0.2) is 5.78 Å². The largest absolute Gasteiger partial charge is 0.507 e. The van der Waals surface area contributed by atoms with E-state index in [9.17, 15) is 14.7 Å². The van der Waals surface area contributed by atoms with Crippen molar-refractivity contribution in [3.8, 4) is 17.2 Å². The van der Waals surface area contributed by atoms with Crippen molar-refractivity contribution in [1.29, 1.82) is 0 Å². The molecule has 0 unspecified atom stereocenters.